The number of nitrogens with one attached hydrogen (secondary N) is 1. The van der Waals surface area contributed by atoms with E-state index in [2.05, 4.69) is 17.1 Å². The minimum atomic E-state index is -0.815. The molecule has 0 saturated carbocycles. The van der Waals surface area contributed by atoms with Crippen LogP contribution in [0, 0.1) is 11.6 Å². The molecule has 3 nitrogen and oxygen atoms in total. The highest BCUT2D eigenvalue weighted by atomic mass is 19.2. The van der Waals surface area contributed by atoms with Crippen molar-refractivity contribution in [3.63, 3.8) is 0 Å². The molecule has 0 aromatic heterocycles. The molecule has 5 heteroatoms. The van der Waals surface area contributed by atoms with E-state index >= 15 is 0 Å². The van der Waals surface area contributed by atoms with Gasteiger partial charge in [-0.15, -0.1) is 0 Å². The number of hydrogen-bond donors (Lipinski definition) is 1. The van der Waals surface area contributed by atoms with Gasteiger partial charge in [0.2, 0.25) is 0 Å². The van der Waals surface area contributed by atoms with E-state index in [1.54, 1.807) is 6.07 Å². The molecule has 20 heavy (non-hydrogen) atoms. The number of morpholine rings is 1. The molecule has 1 saturated heterocycles. The molecular formula is C15H22F2N2O. The van der Waals surface area contributed by atoms with Crippen LogP contribution in [0.3, 0.4) is 0 Å². The zero-order chi connectivity index (χ0) is 14.5. The Labute approximate surface area is 118 Å². The monoisotopic (exact) mass is 284 g/mol. The van der Waals surface area contributed by atoms with Gasteiger partial charge in [-0.25, -0.2) is 8.78 Å². The highest BCUT2D eigenvalue weighted by Crippen LogP contribution is 2.23. The first-order chi connectivity index (χ1) is 9.61. The lowest BCUT2D eigenvalue weighted by atomic mass is 9.99. The third kappa shape index (κ3) is 3.75. The first-order valence-corrected chi connectivity index (χ1v) is 7.10. The van der Waals surface area contributed by atoms with E-state index in [0.29, 0.717) is 6.61 Å². The maximum atomic E-state index is 13.5. The van der Waals surface area contributed by atoms with Crippen molar-refractivity contribution >= 4 is 0 Å². The second-order valence-electron chi connectivity index (χ2n) is 5.28. The summed E-state index contributed by atoms with van der Waals surface area (Å²) in [4.78, 5) is 2.19. The van der Waals surface area contributed by atoms with Gasteiger partial charge in [0.1, 0.15) is 0 Å². The van der Waals surface area contributed by atoms with Crippen LogP contribution >= 0.6 is 0 Å². The van der Waals surface area contributed by atoms with Crippen molar-refractivity contribution in [1.82, 2.24) is 10.2 Å². The summed E-state index contributed by atoms with van der Waals surface area (Å²) in [6.07, 6.45) is 0.924. The summed E-state index contributed by atoms with van der Waals surface area (Å²) in [7, 11) is 2.04. The van der Waals surface area contributed by atoms with Gasteiger partial charge < -0.3 is 15.0 Å². The fourth-order valence-electron chi connectivity index (χ4n) is 2.48. The molecule has 2 rings (SSSR count). The van der Waals surface area contributed by atoms with Crippen molar-refractivity contribution in [3.8, 4) is 0 Å². The fourth-order valence-corrected chi connectivity index (χ4v) is 2.48. The van der Waals surface area contributed by atoms with Gasteiger partial charge >= 0.3 is 0 Å². The summed E-state index contributed by atoms with van der Waals surface area (Å²) in [6.45, 7) is 5.22. The topological polar surface area (TPSA) is 24.5 Å². The molecule has 2 unspecified atom stereocenters. The zero-order valence-corrected chi connectivity index (χ0v) is 12.0. The third-order valence-corrected chi connectivity index (χ3v) is 3.59. The van der Waals surface area contributed by atoms with Crippen LogP contribution in [0.1, 0.15) is 24.9 Å². The predicted octanol–water partition coefficient (Wildman–Crippen LogP) is 2.34. The Morgan fingerprint density at radius 2 is 2.20 bits per heavy atom. The predicted molar refractivity (Wildman–Crippen MR) is 74.6 cm³/mol. The van der Waals surface area contributed by atoms with Crippen molar-refractivity contribution in [2.75, 3.05) is 33.3 Å². The Morgan fingerprint density at radius 3 is 2.85 bits per heavy atom. The summed E-state index contributed by atoms with van der Waals surface area (Å²) >= 11 is 0. The van der Waals surface area contributed by atoms with Gasteiger partial charge in [-0.05, 0) is 37.7 Å². The molecule has 112 valence electrons. The normalized spacial score (nSPS) is 21.9. The standard InChI is InChI=1S/C15H22F2N2O/c1-3-6-18-15(14-10-19(2)7-8-20-14)11-4-5-12(16)13(17)9-11/h4-5,9,14-15,18H,3,6-8,10H2,1-2H3. The largest absolute Gasteiger partial charge is 0.374 e. The van der Waals surface area contributed by atoms with Gasteiger partial charge in [0.15, 0.2) is 11.6 Å². The first kappa shape index (κ1) is 15.4. The summed E-state index contributed by atoms with van der Waals surface area (Å²) in [5.74, 6) is -1.63. The Morgan fingerprint density at radius 1 is 1.40 bits per heavy atom. The molecule has 0 bridgehead atoms. The molecular weight excluding hydrogens is 262 g/mol. The lowest BCUT2D eigenvalue weighted by molar-refractivity contribution is -0.0392. The Balaban J connectivity index is 2.19. The van der Waals surface area contributed by atoms with Crippen LogP contribution in [-0.4, -0.2) is 44.3 Å². The maximum absolute atomic E-state index is 13.5. The second kappa shape index (κ2) is 7.11. The molecule has 0 radical (unpaired) electrons. The summed E-state index contributed by atoms with van der Waals surface area (Å²) in [5.41, 5.74) is 0.734. The van der Waals surface area contributed by atoms with Crippen molar-refractivity contribution in [2.24, 2.45) is 0 Å². The number of benzene rings is 1. The van der Waals surface area contributed by atoms with Gasteiger partial charge in [-0.3, -0.25) is 0 Å². The highest BCUT2D eigenvalue weighted by Gasteiger charge is 2.28. The van der Waals surface area contributed by atoms with Gasteiger partial charge in [0.05, 0.1) is 18.8 Å². The smallest absolute Gasteiger partial charge is 0.159 e. The average Bonchev–Trinajstić information content (AvgIpc) is 2.43. The lowest BCUT2D eigenvalue weighted by Crippen LogP contribution is -2.46. The van der Waals surface area contributed by atoms with Crippen LogP contribution in [0.4, 0.5) is 8.78 Å². The van der Waals surface area contributed by atoms with E-state index in [-0.39, 0.29) is 12.1 Å². The van der Waals surface area contributed by atoms with Gasteiger partial charge in [-0.1, -0.05) is 13.0 Å². The molecule has 1 aliphatic heterocycles. The van der Waals surface area contributed by atoms with Gasteiger partial charge in [0.25, 0.3) is 0 Å². The van der Waals surface area contributed by atoms with E-state index < -0.39 is 11.6 Å². The van der Waals surface area contributed by atoms with E-state index in [4.69, 9.17) is 4.74 Å². The van der Waals surface area contributed by atoms with E-state index in [1.807, 2.05) is 7.05 Å². The van der Waals surface area contributed by atoms with E-state index in [1.165, 1.54) is 12.1 Å². The SMILES string of the molecule is CCCNC(c1ccc(F)c(F)c1)C1CN(C)CCO1. The van der Waals surface area contributed by atoms with Crippen LogP contribution in [-0.2, 0) is 4.74 Å². The van der Waals surface area contributed by atoms with Crippen molar-refractivity contribution in [2.45, 2.75) is 25.5 Å². The van der Waals surface area contributed by atoms with E-state index in [0.717, 1.165) is 31.6 Å². The third-order valence-electron chi connectivity index (χ3n) is 3.59. The number of likely N-dealkylation sites (N-methyl/N-ethyl adjacent to an activating group) is 1. The molecule has 1 aromatic carbocycles. The van der Waals surface area contributed by atoms with Crippen molar-refractivity contribution in [1.29, 1.82) is 0 Å². The number of ether oxygens (including phenoxy) is 1. The number of nitrogens with zero attached hydrogens (tertiary/aromatic N) is 1. The lowest BCUT2D eigenvalue weighted by Gasteiger charge is -2.36. The summed E-state index contributed by atoms with van der Waals surface area (Å²) in [5, 5.41) is 3.38. The molecule has 2 atom stereocenters. The van der Waals surface area contributed by atoms with Gasteiger partial charge in [-0.2, -0.15) is 0 Å². The molecule has 1 aromatic rings. The quantitative estimate of drug-likeness (QED) is 0.898. The zero-order valence-electron chi connectivity index (χ0n) is 12.0. The van der Waals surface area contributed by atoms with Crippen LogP contribution in [0.15, 0.2) is 18.2 Å². The summed E-state index contributed by atoms with van der Waals surface area (Å²) < 4.78 is 32.3. The van der Waals surface area contributed by atoms with Gasteiger partial charge in [0, 0.05) is 13.1 Å². The number of rotatable bonds is 5. The van der Waals surface area contributed by atoms with Crippen molar-refractivity contribution in [3.05, 3.63) is 35.4 Å². The highest BCUT2D eigenvalue weighted by molar-refractivity contribution is 5.22. The molecule has 0 amide bonds. The number of hydrogen-bond acceptors (Lipinski definition) is 3. The Kier molecular flexibility index (Phi) is 5.46. The maximum Gasteiger partial charge on any atom is 0.159 e. The molecule has 1 aliphatic rings. The molecule has 1 N–H and O–H groups in total. The minimum absolute atomic E-state index is 0.0508. The van der Waals surface area contributed by atoms with Crippen molar-refractivity contribution < 1.29 is 13.5 Å². The summed E-state index contributed by atoms with van der Waals surface area (Å²) in [6, 6.07) is 3.95. The number of halogens is 2. The first-order valence-electron chi connectivity index (χ1n) is 7.10. The van der Waals surface area contributed by atoms with E-state index in [9.17, 15) is 8.78 Å². The van der Waals surface area contributed by atoms with Crippen LogP contribution < -0.4 is 5.32 Å². The minimum Gasteiger partial charge on any atom is -0.374 e. The second-order valence-corrected chi connectivity index (χ2v) is 5.28. The fraction of sp³-hybridized carbons (Fsp3) is 0.600. The molecule has 1 fully saturated rings. The average molecular weight is 284 g/mol. The molecule has 0 spiro atoms. The Bertz CT molecular complexity index is 442. The van der Waals surface area contributed by atoms with Crippen LogP contribution in [0.25, 0.3) is 0 Å². The van der Waals surface area contributed by atoms with Crippen LogP contribution in [0.5, 0.6) is 0 Å². The molecule has 0 aliphatic carbocycles. The Hall–Kier alpha value is -1.04. The van der Waals surface area contributed by atoms with Crippen LogP contribution in [0.2, 0.25) is 0 Å². The molecule has 1 heterocycles.